The van der Waals surface area contributed by atoms with Gasteiger partial charge in [-0.3, -0.25) is 0 Å². The molecule has 0 spiro atoms. The lowest BCUT2D eigenvalue weighted by molar-refractivity contribution is -0.129. The summed E-state index contributed by atoms with van der Waals surface area (Å²) in [6.07, 6.45) is 1.64. The Morgan fingerprint density at radius 2 is 1.75 bits per heavy atom. The standard InChI is InChI=1S/C25H19BrFNO4/c1-2-30-23-14-17(5-12-22(23)31-15-16-3-10-20(27)11-4-16)13-21-25(29)32-24(28-21)18-6-8-19(26)9-7-18/h3-14H,2,15H2,1H3/b21-13-. The summed E-state index contributed by atoms with van der Waals surface area (Å²) in [4.78, 5) is 16.6. The van der Waals surface area contributed by atoms with E-state index in [1.54, 1.807) is 36.4 Å². The summed E-state index contributed by atoms with van der Waals surface area (Å²) in [5, 5.41) is 0. The Labute approximate surface area is 193 Å². The van der Waals surface area contributed by atoms with Crippen molar-refractivity contribution >= 4 is 33.9 Å². The summed E-state index contributed by atoms with van der Waals surface area (Å²) < 4.78 is 30.9. The minimum Gasteiger partial charge on any atom is -0.490 e. The number of ether oxygens (including phenoxy) is 3. The van der Waals surface area contributed by atoms with Crippen LogP contribution in [0.15, 0.2) is 81.9 Å². The fourth-order valence-corrected chi connectivity index (χ4v) is 3.29. The molecule has 5 nitrogen and oxygen atoms in total. The van der Waals surface area contributed by atoms with Gasteiger partial charge in [0, 0.05) is 10.0 Å². The first-order valence-electron chi connectivity index (χ1n) is 9.94. The van der Waals surface area contributed by atoms with Crippen LogP contribution in [-0.4, -0.2) is 18.5 Å². The van der Waals surface area contributed by atoms with Crippen LogP contribution < -0.4 is 9.47 Å². The van der Waals surface area contributed by atoms with Crippen molar-refractivity contribution in [1.29, 1.82) is 0 Å². The van der Waals surface area contributed by atoms with E-state index in [1.807, 2.05) is 31.2 Å². The summed E-state index contributed by atoms with van der Waals surface area (Å²) in [6, 6.07) is 18.8. The van der Waals surface area contributed by atoms with Crippen molar-refractivity contribution < 1.29 is 23.4 Å². The topological polar surface area (TPSA) is 57.1 Å². The monoisotopic (exact) mass is 495 g/mol. The van der Waals surface area contributed by atoms with Gasteiger partial charge in [0.25, 0.3) is 0 Å². The Morgan fingerprint density at radius 1 is 1.00 bits per heavy atom. The first kappa shape index (κ1) is 21.8. The molecule has 3 aromatic rings. The Hall–Kier alpha value is -3.45. The normalized spacial score (nSPS) is 14.3. The van der Waals surface area contributed by atoms with Crippen LogP contribution in [0.25, 0.3) is 6.08 Å². The molecule has 0 bridgehead atoms. The molecule has 162 valence electrons. The molecule has 1 aliphatic rings. The molecule has 0 unspecified atom stereocenters. The van der Waals surface area contributed by atoms with Crippen LogP contribution in [0.1, 0.15) is 23.6 Å². The number of esters is 1. The molecule has 0 amide bonds. The quantitative estimate of drug-likeness (QED) is 0.302. The average Bonchev–Trinajstić information content (AvgIpc) is 3.15. The van der Waals surface area contributed by atoms with E-state index in [0.29, 0.717) is 23.7 Å². The molecule has 0 radical (unpaired) electrons. The van der Waals surface area contributed by atoms with Gasteiger partial charge in [-0.25, -0.2) is 14.2 Å². The van der Waals surface area contributed by atoms with Gasteiger partial charge in [0.2, 0.25) is 5.90 Å². The maximum absolute atomic E-state index is 13.1. The smallest absolute Gasteiger partial charge is 0.363 e. The van der Waals surface area contributed by atoms with Crippen LogP contribution in [0, 0.1) is 5.82 Å². The van der Waals surface area contributed by atoms with Crippen molar-refractivity contribution in [2.75, 3.05) is 6.61 Å². The largest absolute Gasteiger partial charge is 0.490 e. The first-order chi connectivity index (χ1) is 15.5. The van der Waals surface area contributed by atoms with Gasteiger partial charge < -0.3 is 14.2 Å². The number of benzene rings is 3. The maximum Gasteiger partial charge on any atom is 0.363 e. The highest BCUT2D eigenvalue weighted by Gasteiger charge is 2.24. The second kappa shape index (κ2) is 9.78. The average molecular weight is 496 g/mol. The predicted molar refractivity (Wildman–Crippen MR) is 123 cm³/mol. The van der Waals surface area contributed by atoms with E-state index in [4.69, 9.17) is 14.2 Å². The van der Waals surface area contributed by atoms with Gasteiger partial charge >= 0.3 is 5.97 Å². The van der Waals surface area contributed by atoms with Gasteiger partial charge in [-0.2, -0.15) is 0 Å². The molecule has 3 aromatic carbocycles. The minimum atomic E-state index is -0.516. The summed E-state index contributed by atoms with van der Waals surface area (Å²) in [6.45, 7) is 2.59. The first-order valence-corrected chi connectivity index (χ1v) is 10.7. The van der Waals surface area contributed by atoms with Crippen LogP contribution in [0.5, 0.6) is 11.5 Å². The van der Waals surface area contributed by atoms with Crippen molar-refractivity contribution in [3.05, 3.63) is 99.4 Å². The lowest BCUT2D eigenvalue weighted by Crippen LogP contribution is -2.05. The highest BCUT2D eigenvalue weighted by molar-refractivity contribution is 9.10. The third-order valence-corrected chi connectivity index (χ3v) is 5.12. The highest BCUT2D eigenvalue weighted by atomic mass is 79.9. The molecule has 0 atom stereocenters. The van der Waals surface area contributed by atoms with Gasteiger partial charge in [-0.1, -0.05) is 34.1 Å². The van der Waals surface area contributed by atoms with E-state index < -0.39 is 5.97 Å². The van der Waals surface area contributed by atoms with Gasteiger partial charge in [0.05, 0.1) is 6.61 Å². The Kier molecular flexibility index (Phi) is 6.66. The van der Waals surface area contributed by atoms with Gasteiger partial charge in [-0.05, 0) is 72.7 Å². The van der Waals surface area contributed by atoms with Gasteiger partial charge in [0.15, 0.2) is 17.2 Å². The predicted octanol–water partition coefficient (Wildman–Crippen LogP) is 5.91. The van der Waals surface area contributed by atoms with E-state index in [1.165, 1.54) is 12.1 Å². The fourth-order valence-electron chi connectivity index (χ4n) is 3.03. The molecule has 0 N–H and O–H groups in total. The second-order valence-corrected chi connectivity index (χ2v) is 7.81. The minimum absolute atomic E-state index is 0.199. The van der Waals surface area contributed by atoms with E-state index >= 15 is 0 Å². The molecule has 1 heterocycles. The van der Waals surface area contributed by atoms with E-state index in [2.05, 4.69) is 20.9 Å². The lowest BCUT2D eigenvalue weighted by Gasteiger charge is -2.13. The molecular formula is C25H19BrFNO4. The maximum atomic E-state index is 13.1. The van der Waals surface area contributed by atoms with Gasteiger partial charge in [0.1, 0.15) is 12.4 Å². The van der Waals surface area contributed by atoms with E-state index in [9.17, 15) is 9.18 Å². The zero-order valence-corrected chi connectivity index (χ0v) is 18.8. The Bertz CT molecular complexity index is 1190. The van der Waals surface area contributed by atoms with Crippen LogP contribution in [0.3, 0.4) is 0 Å². The molecule has 0 aliphatic carbocycles. The number of halogens is 2. The van der Waals surface area contributed by atoms with E-state index in [-0.39, 0.29) is 24.0 Å². The molecular weight excluding hydrogens is 477 g/mol. The van der Waals surface area contributed by atoms with E-state index in [0.717, 1.165) is 15.6 Å². The number of rotatable bonds is 7. The lowest BCUT2D eigenvalue weighted by atomic mass is 10.1. The van der Waals surface area contributed by atoms with Crippen LogP contribution >= 0.6 is 15.9 Å². The zero-order chi connectivity index (χ0) is 22.5. The Morgan fingerprint density at radius 3 is 2.47 bits per heavy atom. The molecule has 32 heavy (non-hydrogen) atoms. The molecule has 0 saturated heterocycles. The number of cyclic esters (lactones) is 1. The van der Waals surface area contributed by atoms with Crippen molar-refractivity contribution in [3.8, 4) is 11.5 Å². The molecule has 1 aliphatic heterocycles. The molecule has 0 fully saturated rings. The van der Waals surface area contributed by atoms with Crippen molar-refractivity contribution in [3.63, 3.8) is 0 Å². The van der Waals surface area contributed by atoms with Crippen molar-refractivity contribution in [2.24, 2.45) is 4.99 Å². The van der Waals surface area contributed by atoms with Gasteiger partial charge in [-0.15, -0.1) is 0 Å². The second-order valence-electron chi connectivity index (χ2n) is 6.90. The van der Waals surface area contributed by atoms with Crippen LogP contribution in [-0.2, 0) is 16.1 Å². The summed E-state index contributed by atoms with van der Waals surface area (Å²) in [5.41, 5.74) is 2.47. The zero-order valence-electron chi connectivity index (χ0n) is 17.2. The number of nitrogens with zero attached hydrogens (tertiary/aromatic N) is 1. The number of carbonyl (C=O) groups excluding carboxylic acids is 1. The van der Waals surface area contributed by atoms with Crippen molar-refractivity contribution in [2.45, 2.75) is 13.5 Å². The molecule has 7 heteroatoms. The molecule has 0 saturated carbocycles. The summed E-state index contributed by atoms with van der Waals surface area (Å²) in [7, 11) is 0. The SMILES string of the molecule is CCOc1cc(/C=C2\N=C(c3ccc(Br)cc3)OC2=O)ccc1OCc1ccc(F)cc1. The van der Waals surface area contributed by atoms with Crippen LogP contribution in [0.4, 0.5) is 4.39 Å². The fraction of sp³-hybridized carbons (Fsp3) is 0.120. The van der Waals surface area contributed by atoms with Crippen LogP contribution in [0.2, 0.25) is 0 Å². The molecule has 4 rings (SSSR count). The summed E-state index contributed by atoms with van der Waals surface area (Å²) in [5.74, 6) is 0.534. The summed E-state index contributed by atoms with van der Waals surface area (Å²) >= 11 is 3.38. The number of carbonyl (C=O) groups is 1. The highest BCUT2D eigenvalue weighted by Crippen LogP contribution is 2.31. The Balaban J connectivity index is 1.54. The number of aliphatic imine (C=N–C) groups is 1. The third-order valence-electron chi connectivity index (χ3n) is 4.59. The molecule has 0 aromatic heterocycles. The third kappa shape index (κ3) is 5.23. The van der Waals surface area contributed by atoms with Crippen molar-refractivity contribution in [1.82, 2.24) is 0 Å². The number of hydrogen-bond acceptors (Lipinski definition) is 5. The number of hydrogen-bond donors (Lipinski definition) is 0.